The first kappa shape index (κ1) is 14.9. The monoisotopic (exact) mass is 277 g/mol. The Hall–Kier alpha value is -1.20. The molecule has 0 unspecified atom stereocenters. The summed E-state index contributed by atoms with van der Waals surface area (Å²) < 4.78 is 30.1. The average molecular weight is 278 g/mol. The molecular formula is C12H14ClF2NO2. The third-order valence-electron chi connectivity index (χ3n) is 2.03. The molecule has 0 heterocycles. The van der Waals surface area contributed by atoms with Gasteiger partial charge >= 0.3 is 0 Å². The van der Waals surface area contributed by atoms with E-state index in [4.69, 9.17) is 16.3 Å². The molecule has 0 saturated carbocycles. The van der Waals surface area contributed by atoms with Gasteiger partial charge in [-0.05, 0) is 6.07 Å². The van der Waals surface area contributed by atoms with E-state index in [2.05, 4.69) is 5.32 Å². The summed E-state index contributed by atoms with van der Waals surface area (Å²) in [6.45, 7) is 0.126. The first-order valence-electron chi connectivity index (χ1n) is 5.31. The van der Waals surface area contributed by atoms with Crippen LogP contribution in [0.1, 0.15) is 12.5 Å². The summed E-state index contributed by atoms with van der Waals surface area (Å²) >= 11 is 5.38. The fourth-order valence-electron chi connectivity index (χ4n) is 1.29. The van der Waals surface area contributed by atoms with Crippen LogP contribution in [0.2, 0.25) is 0 Å². The van der Waals surface area contributed by atoms with Crippen LogP contribution in [0.4, 0.5) is 14.5 Å². The largest absolute Gasteiger partial charge is 0.370 e. The lowest BCUT2D eigenvalue weighted by atomic mass is 10.2. The molecule has 1 amide bonds. The highest BCUT2D eigenvalue weighted by atomic mass is 35.5. The number of benzene rings is 1. The minimum Gasteiger partial charge on any atom is -0.370 e. The second kappa shape index (κ2) is 6.66. The second-order valence-electron chi connectivity index (χ2n) is 3.90. The Kier molecular flexibility index (Phi) is 5.50. The van der Waals surface area contributed by atoms with Crippen LogP contribution in [-0.2, 0) is 16.1 Å². The number of para-hydroxylation sites is 1. The Morgan fingerprint density at radius 1 is 1.44 bits per heavy atom. The standard InChI is InChI=1S/C12H14ClF2NO2/c1-12(14,15)8-18-7-9-4-2-3-5-10(9)16-11(17)6-13/h2-5H,6-8H2,1H3,(H,16,17). The van der Waals surface area contributed by atoms with E-state index in [-0.39, 0.29) is 18.4 Å². The molecule has 0 aliphatic heterocycles. The van der Waals surface area contributed by atoms with Crippen molar-refractivity contribution in [1.82, 2.24) is 0 Å². The summed E-state index contributed by atoms with van der Waals surface area (Å²) in [5.74, 6) is -3.39. The minimum atomic E-state index is -2.87. The molecule has 0 aliphatic rings. The van der Waals surface area contributed by atoms with Gasteiger partial charge < -0.3 is 10.1 Å². The van der Waals surface area contributed by atoms with Gasteiger partial charge in [0.25, 0.3) is 5.92 Å². The topological polar surface area (TPSA) is 38.3 Å². The van der Waals surface area contributed by atoms with E-state index in [0.717, 1.165) is 6.92 Å². The van der Waals surface area contributed by atoms with Crippen LogP contribution in [0.3, 0.4) is 0 Å². The summed E-state index contributed by atoms with van der Waals surface area (Å²) in [5.41, 5.74) is 1.14. The van der Waals surface area contributed by atoms with Crippen molar-refractivity contribution >= 4 is 23.2 Å². The summed E-state index contributed by atoms with van der Waals surface area (Å²) in [7, 11) is 0. The fourth-order valence-corrected chi connectivity index (χ4v) is 1.36. The third-order valence-corrected chi connectivity index (χ3v) is 2.27. The summed E-state index contributed by atoms with van der Waals surface area (Å²) in [4.78, 5) is 11.2. The molecule has 0 spiro atoms. The molecule has 0 aromatic heterocycles. The maximum atomic E-state index is 12.6. The van der Waals surface area contributed by atoms with Crippen LogP contribution in [0.15, 0.2) is 24.3 Å². The molecule has 1 rings (SSSR count). The molecule has 0 radical (unpaired) electrons. The number of hydrogen-bond donors (Lipinski definition) is 1. The second-order valence-corrected chi connectivity index (χ2v) is 4.17. The van der Waals surface area contributed by atoms with Crippen LogP contribution in [0.25, 0.3) is 0 Å². The van der Waals surface area contributed by atoms with Crippen molar-refractivity contribution in [1.29, 1.82) is 0 Å². The van der Waals surface area contributed by atoms with Crippen molar-refractivity contribution in [2.24, 2.45) is 0 Å². The smallest absolute Gasteiger partial charge is 0.268 e. The number of carbonyl (C=O) groups excluding carboxylic acids is 1. The molecule has 1 N–H and O–H groups in total. The Morgan fingerprint density at radius 3 is 2.72 bits per heavy atom. The first-order chi connectivity index (χ1) is 8.42. The van der Waals surface area contributed by atoms with Gasteiger partial charge in [0.2, 0.25) is 5.91 Å². The SMILES string of the molecule is CC(F)(F)COCc1ccccc1NC(=O)CCl. The molecule has 18 heavy (non-hydrogen) atoms. The molecule has 1 aromatic rings. The van der Waals surface area contributed by atoms with Crippen molar-refractivity contribution < 1.29 is 18.3 Å². The third kappa shape index (κ3) is 5.42. The van der Waals surface area contributed by atoms with Crippen LogP contribution in [-0.4, -0.2) is 24.3 Å². The van der Waals surface area contributed by atoms with Gasteiger partial charge in [-0.15, -0.1) is 11.6 Å². The number of hydrogen-bond acceptors (Lipinski definition) is 2. The van der Waals surface area contributed by atoms with Gasteiger partial charge in [0, 0.05) is 18.2 Å². The number of anilines is 1. The van der Waals surface area contributed by atoms with E-state index < -0.39 is 12.5 Å². The lowest BCUT2D eigenvalue weighted by Crippen LogP contribution is -2.19. The molecule has 0 atom stereocenters. The Bertz CT molecular complexity index is 407. The molecule has 0 aliphatic carbocycles. The number of nitrogens with one attached hydrogen (secondary N) is 1. The number of ether oxygens (including phenoxy) is 1. The number of halogens is 3. The summed E-state index contributed by atoms with van der Waals surface area (Å²) in [6, 6.07) is 6.81. The van der Waals surface area contributed by atoms with E-state index in [1.165, 1.54) is 0 Å². The Morgan fingerprint density at radius 2 is 2.11 bits per heavy atom. The van der Waals surface area contributed by atoms with Gasteiger partial charge in [0.05, 0.1) is 6.61 Å². The number of carbonyl (C=O) groups is 1. The van der Waals surface area contributed by atoms with Gasteiger partial charge in [-0.25, -0.2) is 8.78 Å². The van der Waals surface area contributed by atoms with Gasteiger partial charge in [-0.1, -0.05) is 18.2 Å². The molecule has 1 aromatic carbocycles. The maximum Gasteiger partial charge on any atom is 0.268 e. The molecular weight excluding hydrogens is 264 g/mol. The Balaban J connectivity index is 2.62. The minimum absolute atomic E-state index is 0.00215. The zero-order chi connectivity index (χ0) is 13.6. The highest BCUT2D eigenvalue weighted by Crippen LogP contribution is 2.18. The maximum absolute atomic E-state index is 12.6. The normalized spacial score (nSPS) is 11.3. The number of rotatable bonds is 6. The van der Waals surface area contributed by atoms with E-state index >= 15 is 0 Å². The van der Waals surface area contributed by atoms with Gasteiger partial charge in [-0.2, -0.15) is 0 Å². The zero-order valence-electron chi connectivity index (χ0n) is 9.88. The first-order valence-corrected chi connectivity index (χ1v) is 5.85. The Labute approximate surface area is 109 Å². The van der Waals surface area contributed by atoms with Gasteiger partial charge in [0.15, 0.2) is 0 Å². The molecule has 0 bridgehead atoms. The van der Waals surface area contributed by atoms with Crippen LogP contribution < -0.4 is 5.32 Å². The number of alkyl halides is 3. The lowest BCUT2D eigenvalue weighted by molar-refractivity contribution is -0.114. The average Bonchev–Trinajstić information content (AvgIpc) is 2.29. The van der Waals surface area contributed by atoms with E-state index in [1.54, 1.807) is 24.3 Å². The number of amides is 1. The van der Waals surface area contributed by atoms with Crippen LogP contribution in [0.5, 0.6) is 0 Å². The predicted molar refractivity (Wildman–Crippen MR) is 66.1 cm³/mol. The van der Waals surface area contributed by atoms with Gasteiger partial charge in [-0.3, -0.25) is 4.79 Å². The van der Waals surface area contributed by atoms with Crippen molar-refractivity contribution in [2.45, 2.75) is 19.5 Å². The fraction of sp³-hybridized carbons (Fsp3) is 0.417. The van der Waals surface area contributed by atoms with Crippen molar-refractivity contribution in [3.8, 4) is 0 Å². The van der Waals surface area contributed by atoms with Gasteiger partial charge in [0.1, 0.15) is 12.5 Å². The highest BCUT2D eigenvalue weighted by Gasteiger charge is 2.21. The summed E-state index contributed by atoms with van der Waals surface area (Å²) in [6.07, 6.45) is 0. The van der Waals surface area contributed by atoms with Crippen molar-refractivity contribution in [3.05, 3.63) is 29.8 Å². The van der Waals surface area contributed by atoms with E-state index in [0.29, 0.717) is 11.3 Å². The summed E-state index contributed by atoms with van der Waals surface area (Å²) in [5, 5.41) is 2.57. The van der Waals surface area contributed by atoms with Crippen LogP contribution >= 0.6 is 11.6 Å². The van der Waals surface area contributed by atoms with E-state index in [1.807, 2.05) is 0 Å². The quantitative estimate of drug-likeness (QED) is 0.812. The highest BCUT2D eigenvalue weighted by molar-refractivity contribution is 6.29. The predicted octanol–water partition coefficient (Wildman–Crippen LogP) is 3.04. The van der Waals surface area contributed by atoms with Crippen molar-refractivity contribution in [2.75, 3.05) is 17.8 Å². The van der Waals surface area contributed by atoms with Crippen molar-refractivity contribution in [3.63, 3.8) is 0 Å². The van der Waals surface area contributed by atoms with Crippen LogP contribution in [0, 0.1) is 0 Å². The lowest BCUT2D eigenvalue weighted by Gasteiger charge is -2.13. The van der Waals surface area contributed by atoms with E-state index in [9.17, 15) is 13.6 Å². The molecule has 6 heteroatoms. The molecule has 100 valence electrons. The zero-order valence-corrected chi connectivity index (χ0v) is 10.6. The molecule has 0 fully saturated rings. The molecule has 0 saturated heterocycles. The molecule has 3 nitrogen and oxygen atoms in total.